The van der Waals surface area contributed by atoms with Gasteiger partial charge in [0, 0.05) is 40.7 Å². The van der Waals surface area contributed by atoms with Crippen LogP contribution in [0.2, 0.25) is 0 Å². The smallest absolute Gasteiger partial charge is 0.154 e. The first-order valence-corrected chi connectivity index (χ1v) is 15.4. The van der Waals surface area contributed by atoms with Crippen LogP contribution >= 0.6 is 0 Å². The average molecular weight is 598 g/mol. The molecule has 1 saturated heterocycles. The number of rotatable bonds is 9. The van der Waals surface area contributed by atoms with Gasteiger partial charge in [-0.05, 0) is 99.6 Å². The van der Waals surface area contributed by atoms with Crippen molar-refractivity contribution in [3.8, 4) is 22.9 Å². The summed E-state index contributed by atoms with van der Waals surface area (Å²) >= 11 is 0. The summed E-state index contributed by atoms with van der Waals surface area (Å²) < 4.78 is 34.6. The summed E-state index contributed by atoms with van der Waals surface area (Å²) in [7, 11) is 1.49. The third-order valence-electron chi connectivity index (χ3n) is 9.45. The fraction of sp³-hybridized carbons (Fsp3) is 0.400. The van der Waals surface area contributed by atoms with E-state index in [1.165, 1.54) is 48.2 Å². The molecule has 0 bridgehead atoms. The van der Waals surface area contributed by atoms with Gasteiger partial charge in [-0.25, -0.2) is 13.8 Å². The maximum Gasteiger partial charge on any atom is 0.154 e. The van der Waals surface area contributed by atoms with Gasteiger partial charge in [0.1, 0.15) is 23.0 Å². The lowest BCUT2D eigenvalue weighted by atomic mass is 9.90. The highest BCUT2D eigenvalue weighted by molar-refractivity contribution is 5.95. The number of piperidine rings is 1. The minimum Gasteiger partial charge on any atom is -0.496 e. The quantitative estimate of drug-likeness (QED) is 0.227. The first kappa shape index (κ1) is 29.9. The Hall–Kier alpha value is -4.13. The summed E-state index contributed by atoms with van der Waals surface area (Å²) in [4.78, 5) is 23.6. The van der Waals surface area contributed by atoms with Gasteiger partial charge < -0.3 is 19.4 Å². The number of carbonyl (C=O) groups excluding carboxylic acids is 1. The van der Waals surface area contributed by atoms with E-state index in [9.17, 15) is 14.4 Å². The number of nitrogens with zero attached hydrogens (tertiary/aromatic N) is 4. The van der Waals surface area contributed by atoms with E-state index in [1.807, 2.05) is 11.0 Å². The minimum atomic E-state index is -0.703. The Bertz CT molecular complexity index is 1710. The van der Waals surface area contributed by atoms with Crippen LogP contribution in [-0.4, -0.2) is 65.4 Å². The van der Waals surface area contributed by atoms with E-state index < -0.39 is 17.7 Å². The number of benzene rings is 2. The van der Waals surface area contributed by atoms with E-state index in [4.69, 9.17) is 4.74 Å². The summed E-state index contributed by atoms with van der Waals surface area (Å²) in [5.74, 6) is -0.255. The van der Waals surface area contributed by atoms with Gasteiger partial charge in [-0.3, -0.25) is 4.90 Å². The number of aromatic nitrogens is 2. The number of fused-ring (bicyclic) bond motifs is 2. The molecule has 2 unspecified atom stereocenters. The number of likely N-dealkylation sites (tertiary alicyclic amines) is 1. The van der Waals surface area contributed by atoms with Crippen molar-refractivity contribution in [2.24, 2.45) is 0 Å². The van der Waals surface area contributed by atoms with Crippen molar-refractivity contribution in [3.05, 3.63) is 82.7 Å². The number of nitriles is 1. The normalized spacial score (nSPS) is 18.6. The molecule has 4 heterocycles. The molecule has 0 aliphatic carbocycles. The molecule has 228 valence electrons. The second-order valence-electron chi connectivity index (χ2n) is 11.9. The Morgan fingerprint density at radius 3 is 2.73 bits per heavy atom. The SMILES string of the molecule is COc1ccc(F)cc1-c1c(F)cnc2[nH]c(C3CCN(CCCc4ccc5c(c4)C(C)N(C(C#N)C=O)CC5)CC3)cc12. The number of ether oxygens (including phenoxy) is 1. The van der Waals surface area contributed by atoms with Gasteiger partial charge in [0.15, 0.2) is 12.3 Å². The first-order chi connectivity index (χ1) is 21.4. The lowest BCUT2D eigenvalue weighted by Gasteiger charge is -2.36. The highest BCUT2D eigenvalue weighted by atomic mass is 19.1. The molecule has 4 aromatic rings. The summed E-state index contributed by atoms with van der Waals surface area (Å²) in [6.07, 6.45) is 6.76. The van der Waals surface area contributed by atoms with Gasteiger partial charge >= 0.3 is 0 Å². The monoisotopic (exact) mass is 597 g/mol. The van der Waals surface area contributed by atoms with Crippen molar-refractivity contribution in [1.29, 1.82) is 5.26 Å². The van der Waals surface area contributed by atoms with Crippen molar-refractivity contribution in [1.82, 2.24) is 19.8 Å². The van der Waals surface area contributed by atoms with Crippen LogP contribution in [0.5, 0.6) is 5.75 Å². The van der Waals surface area contributed by atoms with Crippen LogP contribution in [0.3, 0.4) is 0 Å². The zero-order valence-corrected chi connectivity index (χ0v) is 25.2. The van der Waals surface area contributed by atoms with Crippen LogP contribution in [0.1, 0.15) is 60.5 Å². The Balaban J connectivity index is 1.07. The number of carbonyl (C=O) groups is 1. The molecule has 6 rings (SSSR count). The van der Waals surface area contributed by atoms with Crippen molar-refractivity contribution < 1.29 is 18.3 Å². The van der Waals surface area contributed by atoms with Gasteiger partial charge in [0.2, 0.25) is 0 Å². The van der Waals surface area contributed by atoms with Gasteiger partial charge in [0.05, 0.1) is 19.4 Å². The number of aldehydes is 1. The molecule has 7 nitrogen and oxygen atoms in total. The van der Waals surface area contributed by atoms with Crippen LogP contribution in [-0.2, 0) is 17.6 Å². The molecule has 1 N–H and O–H groups in total. The standard InChI is InChI=1S/C35H37F2N5O2/c1-22-28-16-23(5-6-24(28)11-15-42(22)27(19-38)21-43)4-3-12-41-13-9-25(10-14-41)32-18-30-34(31(37)20-39-35(30)40-32)29-17-26(36)7-8-33(29)44-2/h5-8,16-18,20-22,25,27H,3-4,9-15H2,1-2H3,(H,39,40). The fourth-order valence-corrected chi connectivity index (χ4v) is 7.02. The Morgan fingerprint density at radius 2 is 1.98 bits per heavy atom. The van der Waals surface area contributed by atoms with E-state index in [-0.39, 0.29) is 6.04 Å². The maximum absolute atomic E-state index is 15.1. The van der Waals surface area contributed by atoms with Gasteiger partial charge in [-0.2, -0.15) is 5.26 Å². The van der Waals surface area contributed by atoms with Crippen LogP contribution in [0.4, 0.5) is 8.78 Å². The van der Waals surface area contributed by atoms with Crippen LogP contribution in [0.25, 0.3) is 22.2 Å². The molecular formula is C35H37F2N5O2. The third kappa shape index (κ3) is 5.84. The van der Waals surface area contributed by atoms with Gasteiger partial charge in [-0.15, -0.1) is 0 Å². The van der Waals surface area contributed by atoms with Gasteiger partial charge in [0.25, 0.3) is 0 Å². The topological polar surface area (TPSA) is 85.2 Å². The minimum absolute atomic E-state index is 0.0379. The molecule has 44 heavy (non-hydrogen) atoms. The number of methoxy groups -OCH3 is 1. The van der Waals surface area contributed by atoms with E-state index in [0.717, 1.165) is 70.3 Å². The number of H-pyrrole nitrogens is 1. The molecule has 2 aromatic carbocycles. The van der Waals surface area contributed by atoms with Crippen molar-refractivity contribution >= 4 is 17.3 Å². The molecule has 0 amide bonds. The molecule has 9 heteroatoms. The van der Waals surface area contributed by atoms with Crippen molar-refractivity contribution in [2.75, 3.05) is 33.3 Å². The van der Waals surface area contributed by atoms with Crippen LogP contribution in [0, 0.1) is 23.0 Å². The van der Waals surface area contributed by atoms with E-state index >= 15 is 4.39 Å². The van der Waals surface area contributed by atoms with Crippen molar-refractivity contribution in [2.45, 2.75) is 57.0 Å². The molecular weight excluding hydrogens is 560 g/mol. The lowest BCUT2D eigenvalue weighted by molar-refractivity contribution is -0.111. The van der Waals surface area contributed by atoms with Crippen LogP contribution < -0.4 is 4.74 Å². The summed E-state index contributed by atoms with van der Waals surface area (Å²) in [6.45, 7) is 5.76. The first-order valence-electron chi connectivity index (χ1n) is 15.4. The van der Waals surface area contributed by atoms with E-state index in [0.29, 0.717) is 33.8 Å². The number of hydrogen-bond acceptors (Lipinski definition) is 6. The summed E-state index contributed by atoms with van der Waals surface area (Å²) in [6, 6.07) is 14.2. The largest absolute Gasteiger partial charge is 0.496 e. The fourth-order valence-electron chi connectivity index (χ4n) is 7.02. The number of hydrogen-bond donors (Lipinski definition) is 1. The predicted octanol–water partition coefficient (Wildman–Crippen LogP) is 6.34. The van der Waals surface area contributed by atoms with E-state index in [1.54, 1.807) is 0 Å². The zero-order valence-electron chi connectivity index (χ0n) is 25.2. The third-order valence-corrected chi connectivity index (χ3v) is 9.45. The Kier molecular flexibility index (Phi) is 8.74. The van der Waals surface area contributed by atoms with Gasteiger partial charge in [-0.1, -0.05) is 18.2 Å². The molecule has 0 saturated carbocycles. The lowest BCUT2D eigenvalue weighted by Crippen LogP contribution is -2.42. The number of halogens is 2. The zero-order chi connectivity index (χ0) is 30.8. The molecule has 2 aliphatic rings. The molecule has 2 aromatic heterocycles. The number of aryl methyl sites for hydroxylation is 1. The number of aromatic amines is 1. The predicted molar refractivity (Wildman–Crippen MR) is 165 cm³/mol. The molecule has 2 aliphatic heterocycles. The maximum atomic E-state index is 15.1. The highest BCUT2D eigenvalue weighted by Gasteiger charge is 2.30. The van der Waals surface area contributed by atoms with Crippen molar-refractivity contribution in [3.63, 3.8) is 0 Å². The molecule has 0 radical (unpaired) electrons. The molecule has 1 fully saturated rings. The Labute approximate surface area is 256 Å². The second kappa shape index (κ2) is 12.8. The summed E-state index contributed by atoms with van der Waals surface area (Å²) in [5, 5.41) is 10.0. The van der Waals surface area contributed by atoms with E-state index in [2.05, 4.69) is 46.1 Å². The highest BCUT2D eigenvalue weighted by Crippen LogP contribution is 2.39. The average Bonchev–Trinajstić information content (AvgIpc) is 3.47. The van der Waals surface area contributed by atoms with Crippen LogP contribution in [0.15, 0.2) is 48.7 Å². The number of pyridine rings is 1. The molecule has 2 atom stereocenters. The molecule has 0 spiro atoms. The second-order valence-corrected chi connectivity index (χ2v) is 11.9. The summed E-state index contributed by atoms with van der Waals surface area (Å²) in [5.41, 5.74) is 6.10. The number of nitrogens with one attached hydrogen (secondary N) is 1. The Morgan fingerprint density at radius 1 is 1.16 bits per heavy atom.